The highest BCUT2D eigenvalue weighted by molar-refractivity contribution is 5.14. The Balaban J connectivity index is 1.50. The number of ether oxygens (including phenoxy) is 2. The fourth-order valence-corrected chi connectivity index (χ4v) is 2.87. The summed E-state index contributed by atoms with van der Waals surface area (Å²) >= 11 is 0. The van der Waals surface area contributed by atoms with E-state index in [2.05, 4.69) is 40.5 Å². The van der Waals surface area contributed by atoms with Gasteiger partial charge in [-0.05, 0) is 37.9 Å². The molecule has 0 aliphatic carbocycles. The third-order valence-corrected chi connectivity index (χ3v) is 4.26. The molecule has 1 N–H and O–H groups in total. The summed E-state index contributed by atoms with van der Waals surface area (Å²) in [6, 6.07) is 11.4. The lowest BCUT2D eigenvalue weighted by molar-refractivity contribution is 0.0697. The third-order valence-electron chi connectivity index (χ3n) is 4.26. The molecule has 4 nitrogen and oxygen atoms in total. The Morgan fingerprint density at radius 1 is 1.09 bits per heavy atom. The van der Waals surface area contributed by atoms with E-state index in [4.69, 9.17) is 9.47 Å². The van der Waals surface area contributed by atoms with Crippen molar-refractivity contribution in [1.29, 1.82) is 0 Å². The van der Waals surface area contributed by atoms with Gasteiger partial charge < -0.3 is 19.7 Å². The zero-order valence-corrected chi connectivity index (χ0v) is 13.8. The third kappa shape index (κ3) is 6.88. The summed E-state index contributed by atoms with van der Waals surface area (Å²) in [6.07, 6.45) is 3.64. The molecule has 124 valence electrons. The quantitative estimate of drug-likeness (QED) is 0.670. The lowest BCUT2D eigenvalue weighted by atomic mass is 10.0. The topological polar surface area (TPSA) is 33.7 Å². The first-order valence-electron chi connectivity index (χ1n) is 8.45. The van der Waals surface area contributed by atoms with Gasteiger partial charge in [-0.15, -0.1) is 0 Å². The molecule has 0 unspecified atom stereocenters. The molecule has 1 aromatic carbocycles. The minimum absolute atomic E-state index is 0.652. The monoisotopic (exact) mass is 306 g/mol. The highest BCUT2D eigenvalue weighted by Gasteiger charge is 2.18. The number of rotatable bonds is 10. The normalized spacial score (nSPS) is 17.0. The van der Waals surface area contributed by atoms with Crippen LogP contribution in [-0.4, -0.2) is 64.1 Å². The molecule has 0 spiro atoms. The minimum atomic E-state index is 0.652. The van der Waals surface area contributed by atoms with Gasteiger partial charge in [0.25, 0.3) is 0 Å². The molecule has 0 aromatic heterocycles. The highest BCUT2D eigenvalue weighted by atomic mass is 16.5. The zero-order valence-electron chi connectivity index (χ0n) is 13.8. The lowest BCUT2D eigenvalue weighted by Gasteiger charge is -2.32. The number of hydrogen-bond donors (Lipinski definition) is 1. The Bertz CT molecular complexity index is 378. The Labute approximate surface area is 134 Å². The second kappa shape index (κ2) is 10.7. The zero-order chi connectivity index (χ0) is 15.5. The first-order chi connectivity index (χ1) is 10.9. The second-order valence-corrected chi connectivity index (χ2v) is 5.91. The van der Waals surface area contributed by atoms with Gasteiger partial charge in [-0.3, -0.25) is 0 Å². The average molecular weight is 306 g/mol. The maximum atomic E-state index is 5.48. The number of hydrogen-bond acceptors (Lipinski definition) is 4. The van der Waals surface area contributed by atoms with Crippen molar-refractivity contribution in [3.8, 4) is 0 Å². The van der Waals surface area contributed by atoms with E-state index in [1.807, 2.05) is 0 Å². The van der Waals surface area contributed by atoms with Gasteiger partial charge in [0, 0.05) is 26.2 Å². The van der Waals surface area contributed by atoms with Gasteiger partial charge in [-0.1, -0.05) is 30.3 Å². The van der Waals surface area contributed by atoms with E-state index in [1.54, 1.807) is 7.11 Å². The van der Waals surface area contributed by atoms with Gasteiger partial charge in [0.1, 0.15) is 0 Å². The van der Waals surface area contributed by atoms with E-state index in [-0.39, 0.29) is 0 Å². The number of benzene rings is 1. The summed E-state index contributed by atoms with van der Waals surface area (Å²) in [7, 11) is 1.70. The smallest absolute Gasteiger partial charge is 0.0700 e. The molecule has 0 saturated carbocycles. The van der Waals surface area contributed by atoms with Crippen molar-refractivity contribution < 1.29 is 9.47 Å². The van der Waals surface area contributed by atoms with E-state index in [1.165, 1.54) is 38.0 Å². The van der Waals surface area contributed by atoms with Crippen molar-refractivity contribution in [2.24, 2.45) is 0 Å². The first kappa shape index (κ1) is 17.4. The van der Waals surface area contributed by atoms with Crippen molar-refractivity contribution >= 4 is 0 Å². The van der Waals surface area contributed by atoms with Crippen LogP contribution in [0.5, 0.6) is 0 Å². The van der Waals surface area contributed by atoms with Gasteiger partial charge in [0.15, 0.2) is 0 Å². The van der Waals surface area contributed by atoms with Gasteiger partial charge in [0.05, 0.1) is 19.8 Å². The van der Waals surface area contributed by atoms with Crippen LogP contribution in [0.3, 0.4) is 0 Å². The Hall–Kier alpha value is -0.940. The van der Waals surface area contributed by atoms with Gasteiger partial charge in [-0.25, -0.2) is 0 Å². The van der Waals surface area contributed by atoms with Crippen LogP contribution in [0.1, 0.15) is 18.4 Å². The Morgan fingerprint density at radius 3 is 2.59 bits per heavy atom. The van der Waals surface area contributed by atoms with E-state index < -0.39 is 0 Å². The summed E-state index contributed by atoms with van der Waals surface area (Å²) in [5, 5.41) is 3.60. The first-order valence-corrected chi connectivity index (χ1v) is 8.45. The SMILES string of the molecule is COCCOCCNC1CCN(CCc2ccccc2)CC1. The van der Waals surface area contributed by atoms with Crippen LogP contribution in [0.15, 0.2) is 30.3 Å². The van der Waals surface area contributed by atoms with Gasteiger partial charge in [-0.2, -0.15) is 0 Å². The molecule has 0 amide bonds. The molecule has 22 heavy (non-hydrogen) atoms. The second-order valence-electron chi connectivity index (χ2n) is 5.91. The maximum Gasteiger partial charge on any atom is 0.0700 e. The van der Waals surface area contributed by atoms with Crippen molar-refractivity contribution in [1.82, 2.24) is 10.2 Å². The summed E-state index contributed by atoms with van der Waals surface area (Å²) in [6.45, 7) is 6.67. The van der Waals surface area contributed by atoms with Crippen molar-refractivity contribution in [2.45, 2.75) is 25.3 Å². The van der Waals surface area contributed by atoms with Crippen molar-refractivity contribution in [3.63, 3.8) is 0 Å². The van der Waals surface area contributed by atoms with E-state index >= 15 is 0 Å². The number of methoxy groups -OCH3 is 1. The standard InChI is InChI=1S/C18H30N2O2/c1-21-15-16-22-14-10-19-18-8-12-20(13-9-18)11-7-17-5-3-2-4-6-17/h2-6,18-19H,7-16H2,1H3. The van der Waals surface area contributed by atoms with Crippen LogP contribution in [0.4, 0.5) is 0 Å². The summed E-state index contributed by atoms with van der Waals surface area (Å²) in [4.78, 5) is 2.58. The molecule has 1 heterocycles. The van der Waals surface area contributed by atoms with Gasteiger partial charge >= 0.3 is 0 Å². The van der Waals surface area contributed by atoms with E-state index in [9.17, 15) is 0 Å². The molecule has 2 rings (SSSR count). The maximum absolute atomic E-state index is 5.48. The molecular formula is C18H30N2O2. The molecule has 0 radical (unpaired) electrons. The van der Waals surface area contributed by atoms with E-state index in [0.717, 1.165) is 19.6 Å². The largest absolute Gasteiger partial charge is 0.382 e. The molecular weight excluding hydrogens is 276 g/mol. The Morgan fingerprint density at radius 2 is 1.86 bits per heavy atom. The lowest BCUT2D eigenvalue weighted by Crippen LogP contribution is -2.44. The highest BCUT2D eigenvalue weighted by Crippen LogP contribution is 2.11. The molecule has 1 fully saturated rings. The Kier molecular flexibility index (Phi) is 8.49. The van der Waals surface area contributed by atoms with Crippen LogP contribution in [0, 0.1) is 0 Å². The molecule has 0 bridgehead atoms. The average Bonchev–Trinajstić information content (AvgIpc) is 2.58. The summed E-state index contributed by atoms with van der Waals surface area (Å²) in [5.74, 6) is 0. The fourth-order valence-electron chi connectivity index (χ4n) is 2.87. The van der Waals surface area contributed by atoms with Crippen LogP contribution >= 0.6 is 0 Å². The van der Waals surface area contributed by atoms with Crippen molar-refractivity contribution in [2.75, 3.05) is 53.1 Å². The summed E-state index contributed by atoms with van der Waals surface area (Å²) in [5.41, 5.74) is 1.44. The molecule has 4 heteroatoms. The molecule has 1 saturated heterocycles. The van der Waals surface area contributed by atoms with Gasteiger partial charge in [0.2, 0.25) is 0 Å². The number of piperidine rings is 1. The predicted octanol–water partition coefficient (Wildman–Crippen LogP) is 1.95. The predicted molar refractivity (Wildman–Crippen MR) is 90.3 cm³/mol. The van der Waals surface area contributed by atoms with Crippen LogP contribution in [0.2, 0.25) is 0 Å². The van der Waals surface area contributed by atoms with Crippen LogP contribution < -0.4 is 5.32 Å². The van der Waals surface area contributed by atoms with Crippen LogP contribution in [0.25, 0.3) is 0 Å². The van der Waals surface area contributed by atoms with Crippen LogP contribution in [-0.2, 0) is 15.9 Å². The molecule has 1 aliphatic rings. The number of nitrogens with one attached hydrogen (secondary N) is 1. The minimum Gasteiger partial charge on any atom is -0.382 e. The fraction of sp³-hybridized carbons (Fsp3) is 0.667. The number of likely N-dealkylation sites (tertiary alicyclic amines) is 1. The van der Waals surface area contributed by atoms with Crippen molar-refractivity contribution in [3.05, 3.63) is 35.9 Å². The molecule has 1 aliphatic heterocycles. The molecule has 0 atom stereocenters. The molecule has 1 aromatic rings. The number of nitrogens with zero attached hydrogens (tertiary/aromatic N) is 1. The summed E-state index contributed by atoms with van der Waals surface area (Å²) < 4.78 is 10.4. The van der Waals surface area contributed by atoms with E-state index in [0.29, 0.717) is 19.3 Å².